The summed E-state index contributed by atoms with van der Waals surface area (Å²) in [5, 5.41) is 3.45. The van der Waals surface area contributed by atoms with E-state index >= 15 is 0 Å². The molecule has 0 bridgehead atoms. The molecule has 0 aliphatic heterocycles. The summed E-state index contributed by atoms with van der Waals surface area (Å²) in [5.74, 6) is -0.420. The van der Waals surface area contributed by atoms with Crippen LogP contribution in [0.5, 0.6) is 0 Å². The second-order valence-corrected chi connectivity index (χ2v) is 9.10. The van der Waals surface area contributed by atoms with Crippen LogP contribution in [0.3, 0.4) is 0 Å². The Kier molecular flexibility index (Phi) is 6.78. The standard InChI is InChI=1S/C19H22Cl2N2O3S/c1-5-17(19(24)22-18-12(2)7-6-8-13(18)3)23(27(4,25)26)16-10-14(20)9-15(21)11-16/h6-11,17H,5H2,1-4H3,(H,22,24)/t17-/m1/s1. The minimum Gasteiger partial charge on any atom is -0.324 e. The number of carbonyl (C=O) groups is 1. The van der Waals surface area contributed by atoms with Crippen molar-refractivity contribution in [2.24, 2.45) is 0 Å². The van der Waals surface area contributed by atoms with E-state index in [9.17, 15) is 13.2 Å². The van der Waals surface area contributed by atoms with Gasteiger partial charge in [0.1, 0.15) is 6.04 Å². The summed E-state index contributed by atoms with van der Waals surface area (Å²) < 4.78 is 26.1. The van der Waals surface area contributed by atoms with Crippen LogP contribution in [0.2, 0.25) is 10.0 Å². The monoisotopic (exact) mass is 428 g/mol. The molecule has 1 N–H and O–H groups in total. The first-order valence-corrected chi connectivity index (χ1v) is 11.0. The Labute approximate surface area is 170 Å². The molecule has 2 aromatic rings. The number of aryl methyl sites for hydroxylation is 2. The average Bonchev–Trinajstić information content (AvgIpc) is 2.53. The molecule has 27 heavy (non-hydrogen) atoms. The molecule has 5 nitrogen and oxygen atoms in total. The lowest BCUT2D eigenvalue weighted by Gasteiger charge is -2.30. The van der Waals surface area contributed by atoms with Crippen molar-refractivity contribution >= 4 is 50.5 Å². The molecule has 2 aromatic carbocycles. The number of halogens is 2. The van der Waals surface area contributed by atoms with E-state index in [2.05, 4.69) is 5.32 Å². The van der Waals surface area contributed by atoms with Crippen molar-refractivity contribution in [2.75, 3.05) is 15.9 Å². The van der Waals surface area contributed by atoms with Gasteiger partial charge in [0.25, 0.3) is 0 Å². The van der Waals surface area contributed by atoms with Crippen molar-refractivity contribution in [3.05, 3.63) is 57.6 Å². The number of hydrogen-bond acceptors (Lipinski definition) is 3. The van der Waals surface area contributed by atoms with Gasteiger partial charge in [-0.1, -0.05) is 48.3 Å². The zero-order chi connectivity index (χ0) is 20.4. The Hall–Kier alpha value is -1.76. The third-order valence-electron chi connectivity index (χ3n) is 4.16. The normalized spacial score (nSPS) is 12.5. The molecule has 0 unspecified atom stereocenters. The Morgan fingerprint density at radius 1 is 1.11 bits per heavy atom. The van der Waals surface area contributed by atoms with Crippen molar-refractivity contribution in [3.63, 3.8) is 0 Å². The van der Waals surface area contributed by atoms with Gasteiger partial charge in [0.2, 0.25) is 15.9 Å². The zero-order valence-electron chi connectivity index (χ0n) is 15.6. The summed E-state index contributed by atoms with van der Waals surface area (Å²) in [6.07, 6.45) is 1.32. The highest BCUT2D eigenvalue weighted by Gasteiger charge is 2.32. The Morgan fingerprint density at radius 2 is 1.63 bits per heavy atom. The molecular weight excluding hydrogens is 407 g/mol. The van der Waals surface area contributed by atoms with Gasteiger partial charge in [-0.2, -0.15) is 0 Å². The summed E-state index contributed by atoms with van der Waals surface area (Å²) in [7, 11) is -3.77. The van der Waals surface area contributed by atoms with E-state index < -0.39 is 22.0 Å². The van der Waals surface area contributed by atoms with Gasteiger partial charge < -0.3 is 5.32 Å². The van der Waals surface area contributed by atoms with Crippen molar-refractivity contribution < 1.29 is 13.2 Å². The first-order valence-electron chi connectivity index (χ1n) is 8.37. The topological polar surface area (TPSA) is 66.5 Å². The van der Waals surface area contributed by atoms with E-state index in [0.717, 1.165) is 21.7 Å². The number of nitrogens with zero attached hydrogens (tertiary/aromatic N) is 1. The maximum atomic E-state index is 13.0. The minimum absolute atomic E-state index is 0.249. The molecule has 1 atom stereocenters. The lowest BCUT2D eigenvalue weighted by Crippen LogP contribution is -2.47. The fourth-order valence-electron chi connectivity index (χ4n) is 2.94. The number of benzene rings is 2. The number of nitrogens with one attached hydrogen (secondary N) is 1. The molecule has 1 amide bonds. The van der Waals surface area contributed by atoms with E-state index in [0.29, 0.717) is 5.69 Å². The third-order valence-corrected chi connectivity index (χ3v) is 5.78. The fraction of sp³-hybridized carbons (Fsp3) is 0.316. The maximum absolute atomic E-state index is 13.0. The van der Waals surface area contributed by atoms with Crippen LogP contribution in [0, 0.1) is 13.8 Å². The van der Waals surface area contributed by atoms with E-state index in [1.54, 1.807) is 6.92 Å². The third kappa shape index (κ3) is 5.15. The van der Waals surface area contributed by atoms with Crippen LogP contribution >= 0.6 is 23.2 Å². The van der Waals surface area contributed by atoms with Crippen molar-refractivity contribution in [2.45, 2.75) is 33.2 Å². The second-order valence-electron chi connectivity index (χ2n) is 6.37. The predicted octanol–water partition coefficient (Wildman–Crippen LogP) is 4.79. The van der Waals surface area contributed by atoms with Gasteiger partial charge in [-0.05, 0) is 49.6 Å². The van der Waals surface area contributed by atoms with Gasteiger partial charge in [0.15, 0.2) is 0 Å². The van der Waals surface area contributed by atoms with E-state index in [-0.39, 0.29) is 22.2 Å². The summed E-state index contributed by atoms with van der Waals surface area (Å²) in [6, 6.07) is 9.17. The Bertz CT molecular complexity index is 921. The SMILES string of the molecule is CC[C@H](C(=O)Nc1c(C)cccc1C)N(c1cc(Cl)cc(Cl)c1)S(C)(=O)=O. The van der Waals surface area contributed by atoms with Gasteiger partial charge in [-0.3, -0.25) is 9.10 Å². The highest BCUT2D eigenvalue weighted by Crippen LogP contribution is 2.30. The Morgan fingerprint density at radius 3 is 2.07 bits per heavy atom. The molecule has 0 saturated carbocycles. The smallest absolute Gasteiger partial charge is 0.248 e. The minimum atomic E-state index is -3.77. The molecule has 0 aliphatic carbocycles. The second kappa shape index (κ2) is 8.50. The molecule has 8 heteroatoms. The van der Waals surface area contributed by atoms with Crippen LogP contribution in [0.15, 0.2) is 36.4 Å². The molecule has 0 aromatic heterocycles. The quantitative estimate of drug-likeness (QED) is 0.718. The average molecular weight is 429 g/mol. The summed E-state index contributed by atoms with van der Waals surface area (Å²) in [4.78, 5) is 13.0. The maximum Gasteiger partial charge on any atom is 0.248 e. The molecular formula is C19H22Cl2N2O3S. The number of sulfonamides is 1. The number of rotatable bonds is 6. The number of carbonyl (C=O) groups excluding carboxylic acids is 1. The highest BCUT2D eigenvalue weighted by atomic mass is 35.5. The zero-order valence-corrected chi connectivity index (χ0v) is 17.9. The molecule has 0 fully saturated rings. The molecule has 0 radical (unpaired) electrons. The molecule has 2 rings (SSSR count). The van der Waals surface area contributed by atoms with Gasteiger partial charge >= 0.3 is 0 Å². The number of amides is 1. The lowest BCUT2D eigenvalue weighted by atomic mass is 10.1. The van der Waals surface area contributed by atoms with Gasteiger partial charge in [-0.15, -0.1) is 0 Å². The van der Waals surface area contributed by atoms with Crippen LogP contribution in [0.1, 0.15) is 24.5 Å². The molecule has 0 spiro atoms. The number of anilines is 2. The highest BCUT2D eigenvalue weighted by molar-refractivity contribution is 7.92. The first kappa shape index (κ1) is 21.5. The van der Waals surface area contributed by atoms with Gasteiger partial charge in [0, 0.05) is 15.7 Å². The first-order chi connectivity index (χ1) is 12.5. The number of para-hydroxylation sites is 1. The number of hydrogen-bond donors (Lipinski definition) is 1. The molecule has 0 aliphatic rings. The van der Waals surface area contributed by atoms with Crippen LogP contribution in [0.4, 0.5) is 11.4 Å². The molecule has 0 saturated heterocycles. The van der Waals surface area contributed by atoms with E-state index in [1.165, 1.54) is 18.2 Å². The van der Waals surface area contributed by atoms with Crippen molar-refractivity contribution in [1.29, 1.82) is 0 Å². The lowest BCUT2D eigenvalue weighted by molar-refractivity contribution is -0.117. The summed E-state index contributed by atoms with van der Waals surface area (Å²) in [5.41, 5.74) is 2.72. The van der Waals surface area contributed by atoms with E-state index in [1.807, 2.05) is 32.0 Å². The van der Waals surface area contributed by atoms with Crippen molar-refractivity contribution in [3.8, 4) is 0 Å². The Balaban J connectivity index is 2.48. The predicted molar refractivity (Wildman–Crippen MR) is 112 cm³/mol. The van der Waals surface area contributed by atoms with Crippen LogP contribution in [0.25, 0.3) is 0 Å². The van der Waals surface area contributed by atoms with Gasteiger partial charge in [-0.25, -0.2) is 8.42 Å². The summed E-state index contributed by atoms with van der Waals surface area (Å²) >= 11 is 12.1. The molecule has 146 valence electrons. The van der Waals surface area contributed by atoms with E-state index in [4.69, 9.17) is 23.2 Å². The fourth-order valence-corrected chi connectivity index (χ4v) is 4.65. The van der Waals surface area contributed by atoms with Gasteiger partial charge in [0.05, 0.1) is 11.9 Å². The van der Waals surface area contributed by atoms with Crippen LogP contribution < -0.4 is 9.62 Å². The largest absolute Gasteiger partial charge is 0.324 e. The van der Waals surface area contributed by atoms with Crippen LogP contribution in [-0.4, -0.2) is 26.6 Å². The van der Waals surface area contributed by atoms with Crippen molar-refractivity contribution in [1.82, 2.24) is 0 Å². The summed E-state index contributed by atoms with van der Waals surface area (Å²) in [6.45, 7) is 5.52. The molecule has 0 heterocycles. The van der Waals surface area contributed by atoms with Crippen LogP contribution in [-0.2, 0) is 14.8 Å².